The van der Waals surface area contributed by atoms with Crippen LogP contribution < -0.4 is 5.43 Å². The fourth-order valence-electron chi connectivity index (χ4n) is 0.533. The number of rotatable bonds is 3. The highest BCUT2D eigenvalue weighted by Crippen LogP contribution is 1.89. The lowest BCUT2D eigenvalue weighted by Gasteiger charge is -2.21. The van der Waals surface area contributed by atoms with E-state index in [1.54, 1.807) is 25.9 Å². The Morgan fingerprint density at radius 2 is 1.82 bits per heavy atom. The molecule has 0 aliphatic heterocycles. The van der Waals surface area contributed by atoms with Crippen LogP contribution in [0.1, 0.15) is 13.8 Å². The first-order valence-electron chi connectivity index (χ1n) is 3.40. The first-order chi connectivity index (χ1) is 5.11. The number of hydrogen-bond acceptors (Lipinski definition) is 4. The van der Waals surface area contributed by atoms with Crippen molar-refractivity contribution in [1.82, 2.24) is 10.4 Å². The van der Waals surface area contributed by atoms with E-state index in [-0.39, 0.29) is 12.1 Å². The van der Waals surface area contributed by atoms with Gasteiger partial charge in [-0.25, -0.2) is 10.4 Å². The van der Waals surface area contributed by atoms with Crippen LogP contribution in [0.4, 0.5) is 0 Å². The van der Waals surface area contributed by atoms with Crippen LogP contribution in [-0.4, -0.2) is 24.1 Å². The van der Waals surface area contributed by atoms with Crippen LogP contribution in [0.3, 0.4) is 0 Å². The van der Waals surface area contributed by atoms with E-state index in [9.17, 15) is 0 Å². The maximum absolute atomic E-state index is 8.48. The summed E-state index contributed by atoms with van der Waals surface area (Å²) in [6.45, 7) is 3.50. The molecular formula is C7H12N4. The van der Waals surface area contributed by atoms with Gasteiger partial charge in [0.2, 0.25) is 0 Å². The Balaban J connectivity index is 3.81. The van der Waals surface area contributed by atoms with E-state index >= 15 is 0 Å². The van der Waals surface area contributed by atoms with E-state index in [1.807, 2.05) is 12.1 Å². The Labute approximate surface area is 67.0 Å². The molecule has 0 aliphatic carbocycles. The zero-order chi connectivity index (χ0) is 8.85. The SMILES string of the molecule is CC(C#N)NN(C)C(C)C#N. The highest BCUT2D eigenvalue weighted by atomic mass is 15.5. The van der Waals surface area contributed by atoms with Crippen molar-refractivity contribution in [2.45, 2.75) is 25.9 Å². The van der Waals surface area contributed by atoms with Gasteiger partial charge >= 0.3 is 0 Å². The smallest absolute Gasteiger partial charge is 0.108 e. The number of nitrogens with one attached hydrogen (secondary N) is 1. The molecule has 60 valence electrons. The van der Waals surface area contributed by atoms with Gasteiger partial charge in [0, 0.05) is 7.05 Å². The molecule has 4 nitrogen and oxygen atoms in total. The maximum Gasteiger partial charge on any atom is 0.108 e. The number of nitrogens with zero attached hydrogens (tertiary/aromatic N) is 3. The lowest BCUT2D eigenvalue weighted by molar-refractivity contribution is 0.197. The Bertz CT molecular complexity index is 188. The van der Waals surface area contributed by atoms with E-state index in [4.69, 9.17) is 10.5 Å². The largest absolute Gasteiger partial charge is 0.237 e. The second-order valence-corrected chi connectivity index (χ2v) is 2.40. The van der Waals surface area contributed by atoms with Crippen molar-refractivity contribution >= 4 is 0 Å². The lowest BCUT2D eigenvalue weighted by Crippen LogP contribution is -2.44. The van der Waals surface area contributed by atoms with Gasteiger partial charge < -0.3 is 0 Å². The summed E-state index contributed by atoms with van der Waals surface area (Å²) in [5.74, 6) is 0. The van der Waals surface area contributed by atoms with E-state index in [0.29, 0.717) is 0 Å². The molecule has 0 aromatic rings. The third kappa shape index (κ3) is 3.57. The average molecular weight is 152 g/mol. The molecule has 0 fully saturated rings. The van der Waals surface area contributed by atoms with Crippen LogP contribution in [0.5, 0.6) is 0 Å². The molecule has 1 N–H and O–H groups in total. The van der Waals surface area contributed by atoms with Gasteiger partial charge in [-0.15, -0.1) is 0 Å². The Hall–Kier alpha value is -1.10. The normalized spacial score (nSPS) is 15.1. The molecule has 0 saturated carbocycles. The summed E-state index contributed by atoms with van der Waals surface area (Å²) in [5.41, 5.74) is 2.83. The monoisotopic (exact) mass is 152 g/mol. The van der Waals surface area contributed by atoms with Crippen LogP contribution in [0.15, 0.2) is 0 Å². The highest BCUT2D eigenvalue weighted by Gasteiger charge is 2.08. The van der Waals surface area contributed by atoms with Crippen LogP contribution in [0, 0.1) is 22.7 Å². The quantitative estimate of drug-likeness (QED) is 0.589. The second-order valence-electron chi connectivity index (χ2n) is 2.40. The van der Waals surface area contributed by atoms with Crippen molar-refractivity contribution in [2.75, 3.05) is 7.05 Å². The van der Waals surface area contributed by atoms with Gasteiger partial charge in [0.15, 0.2) is 0 Å². The molecule has 0 aromatic carbocycles. The summed E-state index contributed by atoms with van der Waals surface area (Å²) >= 11 is 0. The van der Waals surface area contributed by atoms with Crippen LogP contribution in [0.2, 0.25) is 0 Å². The average Bonchev–Trinajstić information content (AvgIpc) is 2.02. The highest BCUT2D eigenvalue weighted by molar-refractivity contribution is 4.89. The fraction of sp³-hybridized carbons (Fsp3) is 0.714. The standard InChI is InChI=1S/C7H12N4/c1-6(4-8)10-11(3)7(2)5-9/h6-7,10H,1-3H3. The van der Waals surface area contributed by atoms with Crippen molar-refractivity contribution in [3.05, 3.63) is 0 Å². The summed E-state index contributed by atoms with van der Waals surface area (Å²) in [6, 6.07) is 3.59. The molecule has 2 unspecified atom stereocenters. The van der Waals surface area contributed by atoms with Crippen LogP contribution in [-0.2, 0) is 0 Å². The first kappa shape index (κ1) is 9.90. The topological polar surface area (TPSA) is 62.9 Å². The van der Waals surface area contributed by atoms with Gasteiger partial charge in [0.05, 0.1) is 12.1 Å². The summed E-state index contributed by atoms with van der Waals surface area (Å²) < 4.78 is 0. The maximum atomic E-state index is 8.48. The minimum atomic E-state index is -0.254. The summed E-state index contributed by atoms with van der Waals surface area (Å²) in [7, 11) is 1.74. The molecule has 0 saturated heterocycles. The molecule has 2 atom stereocenters. The van der Waals surface area contributed by atoms with E-state index < -0.39 is 0 Å². The predicted molar refractivity (Wildman–Crippen MR) is 41.0 cm³/mol. The van der Waals surface area contributed by atoms with Crippen molar-refractivity contribution < 1.29 is 0 Å². The first-order valence-corrected chi connectivity index (χ1v) is 3.40. The summed E-state index contributed by atoms with van der Waals surface area (Å²) in [5, 5.41) is 18.5. The van der Waals surface area contributed by atoms with Gasteiger partial charge in [-0.3, -0.25) is 0 Å². The molecular weight excluding hydrogens is 140 g/mol. The number of hydrogen-bond donors (Lipinski definition) is 1. The zero-order valence-corrected chi connectivity index (χ0v) is 7.00. The predicted octanol–water partition coefficient (Wildman–Crippen LogP) is 0.247. The third-order valence-electron chi connectivity index (χ3n) is 1.36. The Morgan fingerprint density at radius 1 is 1.27 bits per heavy atom. The van der Waals surface area contributed by atoms with Crippen molar-refractivity contribution in [1.29, 1.82) is 10.5 Å². The van der Waals surface area contributed by atoms with E-state index in [2.05, 4.69) is 5.43 Å². The minimum absolute atomic E-state index is 0.217. The summed E-state index contributed by atoms with van der Waals surface area (Å²) in [4.78, 5) is 0. The van der Waals surface area contributed by atoms with Gasteiger partial charge in [0.25, 0.3) is 0 Å². The van der Waals surface area contributed by atoms with Gasteiger partial charge in [-0.1, -0.05) is 0 Å². The van der Waals surface area contributed by atoms with Gasteiger partial charge in [-0.2, -0.15) is 10.5 Å². The Morgan fingerprint density at radius 3 is 2.18 bits per heavy atom. The molecule has 0 spiro atoms. The molecule has 0 amide bonds. The zero-order valence-electron chi connectivity index (χ0n) is 7.00. The van der Waals surface area contributed by atoms with Crippen LogP contribution >= 0.6 is 0 Å². The number of nitriles is 2. The summed E-state index contributed by atoms with van der Waals surface area (Å²) in [6.07, 6.45) is 0. The molecule has 4 heteroatoms. The second kappa shape index (κ2) is 4.68. The fourth-order valence-corrected chi connectivity index (χ4v) is 0.533. The van der Waals surface area contributed by atoms with Crippen molar-refractivity contribution in [3.8, 4) is 12.1 Å². The molecule has 0 aromatic heterocycles. The molecule has 0 radical (unpaired) electrons. The third-order valence-corrected chi connectivity index (χ3v) is 1.36. The number of hydrazine groups is 1. The van der Waals surface area contributed by atoms with Crippen LogP contribution in [0.25, 0.3) is 0 Å². The van der Waals surface area contributed by atoms with Gasteiger partial charge in [0.1, 0.15) is 12.1 Å². The van der Waals surface area contributed by atoms with Crippen molar-refractivity contribution in [2.24, 2.45) is 0 Å². The molecule has 0 heterocycles. The molecule has 11 heavy (non-hydrogen) atoms. The molecule has 0 bridgehead atoms. The molecule has 0 rings (SSSR count). The molecule has 0 aliphatic rings. The van der Waals surface area contributed by atoms with E-state index in [1.165, 1.54) is 0 Å². The van der Waals surface area contributed by atoms with E-state index in [0.717, 1.165) is 0 Å². The minimum Gasteiger partial charge on any atom is -0.237 e. The lowest BCUT2D eigenvalue weighted by atomic mass is 10.3. The van der Waals surface area contributed by atoms with Gasteiger partial charge in [-0.05, 0) is 13.8 Å². The Kier molecular flexibility index (Phi) is 4.21. The van der Waals surface area contributed by atoms with Crippen molar-refractivity contribution in [3.63, 3.8) is 0 Å².